The fraction of sp³-hybridized carbons (Fsp3) is 0.409. The Labute approximate surface area is 178 Å². The van der Waals surface area contributed by atoms with Gasteiger partial charge in [0, 0.05) is 36.4 Å². The Hall–Kier alpha value is -3.67. The quantitative estimate of drug-likeness (QED) is 0.445. The molecule has 1 aliphatic carbocycles. The summed E-state index contributed by atoms with van der Waals surface area (Å²) >= 11 is 0. The van der Waals surface area contributed by atoms with Gasteiger partial charge in [-0.3, -0.25) is 4.79 Å². The molecule has 0 spiro atoms. The van der Waals surface area contributed by atoms with Gasteiger partial charge in [0.2, 0.25) is 5.91 Å². The lowest BCUT2D eigenvalue weighted by molar-refractivity contribution is -0.120. The first-order valence-electron chi connectivity index (χ1n) is 10.7. The highest BCUT2D eigenvalue weighted by Gasteiger charge is 2.27. The molecule has 158 valence electrons. The van der Waals surface area contributed by atoms with Crippen LogP contribution >= 0.6 is 0 Å². The number of carbonyl (C=O) groups is 1. The summed E-state index contributed by atoms with van der Waals surface area (Å²) in [5.74, 6) is 1.84. The van der Waals surface area contributed by atoms with Gasteiger partial charge in [-0.05, 0) is 37.7 Å². The summed E-state index contributed by atoms with van der Waals surface area (Å²) in [5, 5.41) is 13.0. The Morgan fingerprint density at radius 2 is 2.10 bits per heavy atom. The molecule has 0 atom stereocenters. The maximum atomic E-state index is 12.7. The molecule has 4 heterocycles. The largest absolute Gasteiger partial charge is 0.348 e. The summed E-state index contributed by atoms with van der Waals surface area (Å²) in [6, 6.07) is 4.58. The van der Waals surface area contributed by atoms with Crippen molar-refractivity contribution in [2.24, 2.45) is 5.92 Å². The maximum absolute atomic E-state index is 12.7. The lowest BCUT2D eigenvalue weighted by Crippen LogP contribution is -2.27. The van der Waals surface area contributed by atoms with Crippen molar-refractivity contribution < 1.29 is 4.79 Å². The zero-order valence-electron chi connectivity index (χ0n) is 17.1. The Morgan fingerprint density at radius 1 is 1.23 bits per heavy atom. The second kappa shape index (κ2) is 8.22. The number of nitrogens with one attached hydrogen (secondary N) is 3. The molecule has 9 nitrogen and oxygen atoms in total. The van der Waals surface area contributed by atoms with Crippen molar-refractivity contribution in [3.63, 3.8) is 0 Å². The predicted octanol–water partition coefficient (Wildman–Crippen LogP) is 3.14. The summed E-state index contributed by atoms with van der Waals surface area (Å²) in [6.45, 7) is 0.356. The summed E-state index contributed by atoms with van der Waals surface area (Å²) in [5.41, 5.74) is 2.66. The molecule has 0 aromatic carbocycles. The van der Waals surface area contributed by atoms with Gasteiger partial charge in [-0.25, -0.2) is 15.0 Å². The van der Waals surface area contributed by atoms with Crippen LogP contribution < -0.4 is 5.32 Å². The van der Waals surface area contributed by atoms with Crippen LogP contribution in [0.3, 0.4) is 0 Å². The zero-order chi connectivity index (χ0) is 21.2. The van der Waals surface area contributed by atoms with Crippen LogP contribution in [0.5, 0.6) is 0 Å². The van der Waals surface area contributed by atoms with E-state index in [0.717, 1.165) is 59.4 Å². The van der Waals surface area contributed by atoms with Gasteiger partial charge in [-0.2, -0.15) is 5.26 Å². The van der Waals surface area contributed by atoms with Gasteiger partial charge >= 0.3 is 0 Å². The van der Waals surface area contributed by atoms with Crippen molar-refractivity contribution in [1.29, 1.82) is 5.26 Å². The number of nitrogens with zero attached hydrogens (tertiary/aromatic N) is 5. The molecule has 3 N–H and O–H groups in total. The van der Waals surface area contributed by atoms with Crippen LogP contribution in [0, 0.1) is 17.2 Å². The highest BCUT2D eigenvalue weighted by Crippen LogP contribution is 2.37. The molecule has 1 amide bonds. The van der Waals surface area contributed by atoms with E-state index in [1.54, 1.807) is 18.6 Å². The van der Waals surface area contributed by atoms with Crippen molar-refractivity contribution >= 4 is 28.0 Å². The first-order valence-corrected chi connectivity index (χ1v) is 10.7. The minimum Gasteiger partial charge on any atom is -0.348 e. The molecule has 4 aromatic rings. The van der Waals surface area contributed by atoms with Crippen LogP contribution in [-0.2, 0) is 17.8 Å². The van der Waals surface area contributed by atoms with Gasteiger partial charge in [0.05, 0.1) is 30.7 Å². The van der Waals surface area contributed by atoms with E-state index in [1.165, 1.54) is 0 Å². The summed E-state index contributed by atoms with van der Waals surface area (Å²) in [4.78, 5) is 32.3. The molecule has 0 aliphatic heterocycles. The van der Waals surface area contributed by atoms with E-state index in [9.17, 15) is 4.79 Å². The number of nitriles is 1. The van der Waals surface area contributed by atoms with Crippen LogP contribution in [0.15, 0.2) is 30.9 Å². The highest BCUT2D eigenvalue weighted by atomic mass is 16.1. The van der Waals surface area contributed by atoms with Crippen LogP contribution in [0.2, 0.25) is 0 Å². The normalized spacial score (nSPS) is 18.9. The third kappa shape index (κ3) is 3.77. The fourth-order valence-corrected chi connectivity index (χ4v) is 4.68. The predicted molar refractivity (Wildman–Crippen MR) is 115 cm³/mol. The Morgan fingerprint density at radius 3 is 2.87 bits per heavy atom. The molecule has 1 saturated carbocycles. The zero-order valence-corrected chi connectivity index (χ0v) is 17.1. The second-order valence-electron chi connectivity index (χ2n) is 8.16. The maximum Gasteiger partial charge on any atom is 0.227 e. The highest BCUT2D eigenvalue weighted by molar-refractivity contribution is 6.01. The number of carbonyl (C=O) groups excluding carboxylic acids is 1. The van der Waals surface area contributed by atoms with Gasteiger partial charge < -0.3 is 19.9 Å². The Bertz CT molecular complexity index is 1240. The minimum absolute atomic E-state index is 0.0932. The molecular formula is C22H24N8O. The summed E-state index contributed by atoms with van der Waals surface area (Å²) in [6.07, 6.45) is 11.9. The summed E-state index contributed by atoms with van der Waals surface area (Å²) < 4.78 is 2.25. The number of H-pyrrole nitrogens is 2. The molecule has 1 aliphatic rings. The van der Waals surface area contributed by atoms with Gasteiger partial charge in [-0.15, -0.1) is 0 Å². The van der Waals surface area contributed by atoms with E-state index in [1.807, 2.05) is 12.3 Å². The van der Waals surface area contributed by atoms with E-state index in [2.05, 4.69) is 35.9 Å². The van der Waals surface area contributed by atoms with Crippen molar-refractivity contribution in [2.45, 2.75) is 51.1 Å². The number of aromatic nitrogens is 6. The number of amides is 1. The molecule has 1 fully saturated rings. The lowest BCUT2D eigenvalue weighted by Gasteiger charge is -2.30. The Kier molecular flexibility index (Phi) is 5.12. The van der Waals surface area contributed by atoms with Gasteiger partial charge in [0.15, 0.2) is 0 Å². The van der Waals surface area contributed by atoms with Crippen molar-refractivity contribution in [3.05, 3.63) is 42.5 Å². The van der Waals surface area contributed by atoms with Crippen molar-refractivity contribution in [3.8, 4) is 6.07 Å². The van der Waals surface area contributed by atoms with E-state index in [4.69, 9.17) is 10.2 Å². The first-order chi connectivity index (χ1) is 15.2. The molecule has 4 aromatic heterocycles. The smallest absolute Gasteiger partial charge is 0.227 e. The van der Waals surface area contributed by atoms with Crippen molar-refractivity contribution in [2.75, 3.05) is 0 Å². The van der Waals surface area contributed by atoms with Crippen LogP contribution in [0.25, 0.3) is 22.1 Å². The van der Waals surface area contributed by atoms with E-state index in [-0.39, 0.29) is 18.4 Å². The number of hydrogen-bond acceptors (Lipinski definition) is 5. The first kappa shape index (κ1) is 19.3. The van der Waals surface area contributed by atoms with Crippen LogP contribution in [0.1, 0.15) is 49.8 Å². The fourth-order valence-electron chi connectivity index (χ4n) is 4.68. The van der Waals surface area contributed by atoms with Gasteiger partial charge in [0.25, 0.3) is 0 Å². The SMILES string of the molecule is N#CCC1CCC(n2c(CC(=O)NCc3ncc[nH]3)nc3cnc4[nH]ccc4c32)CC1. The molecular weight excluding hydrogens is 392 g/mol. The number of fused-ring (bicyclic) bond motifs is 3. The molecule has 31 heavy (non-hydrogen) atoms. The van der Waals surface area contributed by atoms with Gasteiger partial charge in [-0.1, -0.05) is 0 Å². The number of pyridine rings is 1. The standard InChI is InChI=1S/C22H24N8O/c23-7-5-14-1-3-15(4-2-14)30-19(11-20(31)27-13-18-24-9-10-25-18)29-17-12-28-22-16(21(17)30)6-8-26-22/h6,8-10,12,14-15H,1-5,11,13H2,(H,24,25)(H,26,28)(H,27,31). The Balaban J connectivity index is 1.46. The van der Waals surface area contributed by atoms with Crippen molar-refractivity contribution in [1.82, 2.24) is 34.8 Å². The third-order valence-corrected chi connectivity index (χ3v) is 6.20. The number of imidazole rings is 2. The molecule has 0 radical (unpaired) electrons. The average molecular weight is 416 g/mol. The number of hydrogen-bond donors (Lipinski definition) is 3. The van der Waals surface area contributed by atoms with Crippen LogP contribution in [0.4, 0.5) is 0 Å². The molecule has 5 rings (SSSR count). The third-order valence-electron chi connectivity index (χ3n) is 6.20. The monoisotopic (exact) mass is 416 g/mol. The molecule has 0 saturated heterocycles. The minimum atomic E-state index is -0.0932. The second-order valence-corrected chi connectivity index (χ2v) is 8.16. The molecule has 0 bridgehead atoms. The van der Waals surface area contributed by atoms with E-state index in [0.29, 0.717) is 18.9 Å². The molecule has 9 heteroatoms. The topological polar surface area (TPSA) is 128 Å². The van der Waals surface area contributed by atoms with E-state index < -0.39 is 0 Å². The van der Waals surface area contributed by atoms with E-state index >= 15 is 0 Å². The molecule has 0 unspecified atom stereocenters. The number of aromatic amines is 2. The average Bonchev–Trinajstić information content (AvgIpc) is 3.52. The van der Waals surface area contributed by atoms with Gasteiger partial charge in [0.1, 0.15) is 22.8 Å². The lowest BCUT2D eigenvalue weighted by atomic mass is 9.84. The van der Waals surface area contributed by atoms with Crippen LogP contribution in [-0.4, -0.2) is 35.4 Å². The number of rotatable bonds is 6. The summed E-state index contributed by atoms with van der Waals surface area (Å²) in [7, 11) is 0.